The molecule has 0 amide bonds. The van der Waals surface area contributed by atoms with Gasteiger partial charge in [0.2, 0.25) is 0 Å². The highest BCUT2D eigenvalue weighted by Gasteiger charge is 2.42. The van der Waals surface area contributed by atoms with Crippen LogP contribution in [0.3, 0.4) is 0 Å². The van der Waals surface area contributed by atoms with Gasteiger partial charge in [-0.25, -0.2) is 0 Å². The Morgan fingerprint density at radius 3 is 2.07 bits per heavy atom. The molecule has 2 saturated carbocycles. The molecule has 0 bridgehead atoms. The third kappa shape index (κ3) is 6.68. The number of hydrogen-bond acceptors (Lipinski definition) is 4. The van der Waals surface area contributed by atoms with Gasteiger partial charge in [-0.3, -0.25) is 0 Å². The average molecular weight is 397 g/mol. The molecule has 0 spiro atoms. The second-order valence-electron chi connectivity index (χ2n) is 10.7. The number of epoxide rings is 1. The summed E-state index contributed by atoms with van der Waals surface area (Å²) in [6.45, 7) is 11.5. The lowest BCUT2D eigenvalue weighted by Crippen LogP contribution is -2.41. The summed E-state index contributed by atoms with van der Waals surface area (Å²) in [7, 11) is 0. The Morgan fingerprint density at radius 1 is 0.964 bits per heavy atom. The van der Waals surface area contributed by atoms with E-state index in [0.717, 1.165) is 38.4 Å². The predicted molar refractivity (Wildman–Crippen MR) is 112 cm³/mol. The Balaban J connectivity index is 1.47. The number of ether oxygens (including phenoxy) is 3. The van der Waals surface area contributed by atoms with Gasteiger partial charge >= 0.3 is 0 Å². The van der Waals surface area contributed by atoms with Crippen LogP contribution in [0.25, 0.3) is 0 Å². The van der Waals surface area contributed by atoms with Gasteiger partial charge in [0.15, 0.2) is 0 Å². The SMILES string of the molecule is CC(C)CC(O)COC1CCCC(C(C)(C)C2CCCC(OCC3CO3)C2)C1. The van der Waals surface area contributed by atoms with E-state index in [1.807, 2.05) is 0 Å². The minimum atomic E-state index is -0.319. The molecule has 3 fully saturated rings. The van der Waals surface area contributed by atoms with Crippen LogP contribution in [-0.4, -0.2) is 49.3 Å². The molecular formula is C24H44O4. The van der Waals surface area contributed by atoms with Crippen LogP contribution in [0.5, 0.6) is 0 Å². The predicted octanol–water partition coefficient (Wildman–Crippen LogP) is 4.97. The molecule has 3 aliphatic rings. The second-order valence-corrected chi connectivity index (χ2v) is 10.7. The topological polar surface area (TPSA) is 51.2 Å². The van der Waals surface area contributed by atoms with Crippen molar-refractivity contribution >= 4 is 0 Å². The third-order valence-corrected chi connectivity index (χ3v) is 7.54. The zero-order valence-corrected chi connectivity index (χ0v) is 18.7. The van der Waals surface area contributed by atoms with Crippen molar-refractivity contribution in [3.8, 4) is 0 Å². The molecule has 1 aliphatic heterocycles. The lowest BCUT2D eigenvalue weighted by atomic mass is 9.60. The van der Waals surface area contributed by atoms with Crippen molar-refractivity contribution < 1.29 is 19.3 Å². The van der Waals surface area contributed by atoms with Crippen LogP contribution in [0, 0.1) is 23.2 Å². The lowest BCUT2D eigenvalue weighted by molar-refractivity contribution is -0.0695. The minimum Gasteiger partial charge on any atom is -0.391 e. The molecular weight excluding hydrogens is 352 g/mol. The monoisotopic (exact) mass is 396 g/mol. The van der Waals surface area contributed by atoms with Crippen LogP contribution < -0.4 is 0 Å². The van der Waals surface area contributed by atoms with Gasteiger partial charge in [0, 0.05) is 0 Å². The summed E-state index contributed by atoms with van der Waals surface area (Å²) in [5.41, 5.74) is 0.330. The largest absolute Gasteiger partial charge is 0.391 e. The van der Waals surface area contributed by atoms with Crippen molar-refractivity contribution in [3.05, 3.63) is 0 Å². The van der Waals surface area contributed by atoms with E-state index >= 15 is 0 Å². The molecule has 1 N–H and O–H groups in total. The average Bonchev–Trinajstić information content (AvgIpc) is 3.49. The highest BCUT2D eigenvalue weighted by molar-refractivity contribution is 4.92. The summed E-state index contributed by atoms with van der Waals surface area (Å²) < 4.78 is 17.6. The Hall–Kier alpha value is -0.160. The fourth-order valence-corrected chi connectivity index (χ4v) is 5.54. The Bertz CT molecular complexity index is 460. The van der Waals surface area contributed by atoms with E-state index in [1.165, 1.54) is 38.5 Å². The van der Waals surface area contributed by atoms with E-state index in [0.29, 0.717) is 42.2 Å². The van der Waals surface area contributed by atoms with Crippen molar-refractivity contribution in [1.29, 1.82) is 0 Å². The van der Waals surface area contributed by atoms with Crippen molar-refractivity contribution in [3.63, 3.8) is 0 Å². The molecule has 0 aromatic rings. The van der Waals surface area contributed by atoms with Crippen LogP contribution in [0.4, 0.5) is 0 Å². The van der Waals surface area contributed by atoms with Gasteiger partial charge in [-0.1, -0.05) is 40.5 Å². The van der Waals surface area contributed by atoms with Crippen molar-refractivity contribution in [1.82, 2.24) is 0 Å². The Morgan fingerprint density at radius 2 is 1.54 bits per heavy atom. The fourth-order valence-electron chi connectivity index (χ4n) is 5.54. The van der Waals surface area contributed by atoms with Gasteiger partial charge in [-0.05, 0) is 68.1 Å². The number of aliphatic hydroxyl groups is 1. The highest BCUT2D eigenvalue weighted by Crippen LogP contribution is 2.49. The van der Waals surface area contributed by atoms with Gasteiger partial charge in [0.05, 0.1) is 38.1 Å². The summed E-state index contributed by atoms with van der Waals surface area (Å²) in [6.07, 6.45) is 11.5. The maximum atomic E-state index is 10.2. The highest BCUT2D eigenvalue weighted by atomic mass is 16.6. The summed E-state index contributed by atoms with van der Waals surface area (Å²) in [5.74, 6) is 1.97. The van der Waals surface area contributed by atoms with E-state index < -0.39 is 0 Å². The van der Waals surface area contributed by atoms with E-state index in [9.17, 15) is 5.11 Å². The standard InChI is InChI=1S/C24H44O4/c1-17(2)11-20(25)14-26-21-9-5-7-18(12-21)24(3,4)19-8-6-10-22(13-19)27-15-23-16-28-23/h17-23,25H,5-16H2,1-4H3. The summed E-state index contributed by atoms with van der Waals surface area (Å²) >= 11 is 0. The van der Waals surface area contributed by atoms with E-state index in [4.69, 9.17) is 14.2 Å². The lowest BCUT2D eigenvalue weighted by Gasteiger charge is -2.47. The molecule has 4 heteroatoms. The number of hydrogen-bond donors (Lipinski definition) is 1. The minimum absolute atomic E-state index is 0.319. The van der Waals surface area contributed by atoms with Gasteiger partial charge in [0.1, 0.15) is 6.10 Å². The van der Waals surface area contributed by atoms with Crippen molar-refractivity contribution in [2.45, 2.75) is 110 Å². The smallest absolute Gasteiger partial charge is 0.104 e. The van der Waals surface area contributed by atoms with Gasteiger partial charge in [-0.2, -0.15) is 0 Å². The van der Waals surface area contributed by atoms with E-state index in [2.05, 4.69) is 27.7 Å². The normalized spacial score (nSPS) is 35.1. The van der Waals surface area contributed by atoms with E-state index in [-0.39, 0.29) is 6.10 Å². The zero-order chi connectivity index (χ0) is 20.1. The molecule has 0 radical (unpaired) electrons. The quantitative estimate of drug-likeness (QED) is 0.530. The molecule has 2 aliphatic carbocycles. The second kappa shape index (κ2) is 10.2. The van der Waals surface area contributed by atoms with Gasteiger partial charge < -0.3 is 19.3 Å². The Labute approximate surface area is 172 Å². The molecule has 0 aromatic carbocycles. The van der Waals surface area contributed by atoms with Crippen molar-refractivity contribution in [2.24, 2.45) is 23.2 Å². The maximum Gasteiger partial charge on any atom is 0.104 e. The molecule has 3 rings (SSSR count). The van der Waals surface area contributed by atoms with Gasteiger partial charge in [-0.15, -0.1) is 0 Å². The summed E-state index contributed by atoms with van der Waals surface area (Å²) in [5, 5.41) is 10.2. The van der Waals surface area contributed by atoms with Crippen LogP contribution in [0.15, 0.2) is 0 Å². The zero-order valence-electron chi connectivity index (χ0n) is 18.7. The summed E-state index contributed by atoms with van der Waals surface area (Å²) in [6, 6.07) is 0. The number of aliphatic hydroxyl groups excluding tert-OH is 1. The molecule has 6 unspecified atom stereocenters. The molecule has 28 heavy (non-hydrogen) atoms. The van der Waals surface area contributed by atoms with Crippen LogP contribution in [0.2, 0.25) is 0 Å². The van der Waals surface area contributed by atoms with Crippen LogP contribution in [0.1, 0.15) is 85.5 Å². The van der Waals surface area contributed by atoms with Crippen LogP contribution >= 0.6 is 0 Å². The van der Waals surface area contributed by atoms with Crippen molar-refractivity contribution in [2.75, 3.05) is 19.8 Å². The van der Waals surface area contributed by atoms with Crippen LogP contribution in [-0.2, 0) is 14.2 Å². The Kier molecular flexibility index (Phi) is 8.23. The molecule has 4 nitrogen and oxygen atoms in total. The third-order valence-electron chi connectivity index (χ3n) is 7.54. The maximum absolute atomic E-state index is 10.2. The first-order chi connectivity index (χ1) is 13.3. The molecule has 0 aromatic heterocycles. The number of rotatable bonds is 10. The summed E-state index contributed by atoms with van der Waals surface area (Å²) in [4.78, 5) is 0. The molecule has 164 valence electrons. The van der Waals surface area contributed by atoms with Gasteiger partial charge in [0.25, 0.3) is 0 Å². The molecule has 1 heterocycles. The fraction of sp³-hybridized carbons (Fsp3) is 1.00. The van der Waals surface area contributed by atoms with E-state index in [1.54, 1.807) is 0 Å². The first kappa shape index (κ1) is 22.5. The molecule has 6 atom stereocenters. The molecule has 1 saturated heterocycles. The first-order valence-electron chi connectivity index (χ1n) is 11.9. The first-order valence-corrected chi connectivity index (χ1v) is 11.9.